The van der Waals surface area contributed by atoms with Crippen LogP contribution in [0.2, 0.25) is 0 Å². The molecule has 0 N–H and O–H groups in total. The largest absolute Gasteiger partial charge is 0.167 e. The first-order valence-electron chi connectivity index (χ1n) is 4.85. The van der Waals surface area contributed by atoms with Crippen LogP contribution < -0.4 is 0 Å². The molecule has 0 aliphatic heterocycles. The summed E-state index contributed by atoms with van der Waals surface area (Å²) in [4.78, 5) is -2.45. The fourth-order valence-electron chi connectivity index (χ4n) is 3.08. The number of halogens is 7. The van der Waals surface area contributed by atoms with E-state index in [-0.39, 0.29) is 27.3 Å². The van der Waals surface area contributed by atoms with Crippen LogP contribution >= 0.6 is 81.2 Å². The van der Waals surface area contributed by atoms with E-state index in [0.717, 1.165) is 0 Å². The molecule has 0 saturated heterocycles. The second-order valence-corrected chi connectivity index (χ2v) is 8.29. The smallest absolute Gasteiger partial charge is 0.118 e. The van der Waals surface area contributed by atoms with Gasteiger partial charge in [-0.15, -0.1) is 34.8 Å². The second-order valence-electron chi connectivity index (χ2n) is 4.51. The molecule has 2 bridgehead atoms. The van der Waals surface area contributed by atoms with E-state index >= 15 is 0 Å². The lowest BCUT2D eigenvalue weighted by Crippen LogP contribution is -2.45. The van der Waals surface area contributed by atoms with Crippen LogP contribution in [0, 0.1) is 11.8 Å². The summed E-state index contributed by atoms with van der Waals surface area (Å²) >= 11 is 44.5. The van der Waals surface area contributed by atoms with Gasteiger partial charge in [-0.3, -0.25) is 0 Å². The molecule has 3 aliphatic carbocycles. The Morgan fingerprint density at radius 2 is 1.41 bits per heavy atom. The third-order valence-corrected chi connectivity index (χ3v) is 8.61. The standard InChI is InChI=1S/C10H5Cl7/c11-4-2-1-3-5(4)9(15)7(13)6(12)8(3,14)10(9,16)17/h1-5H/t3-,4+,5+,8+,9-/m1/s1. The van der Waals surface area contributed by atoms with Crippen molar-refractivity contribution in [2.24, 2.45) is 11.8 Å². The van der Waals surface area contributed by atoms with Crippen molar-refractivity contribution < 1.29 is 0 Å². The van der Waals surface area contributed by atoms with E-state index in [1.165, 1.54) is 0 Å². The molecule has 0 unspecified atom stereocenters. The summed E-state index contributed by atoms with van der Waals surface area (Å²) in [5, 5.41) is 0.113. The number of fused-ring (bicyclic) bond motifs is 5. The number of rotatable bonds is 0. The van der Waals surface area contributed by atoms with E-state index in [1.54, 1.807) is 0 Å². The predicted molar refractivity (Wildman–Crippen MR) is 76.1 cm³/mol. The van der Waals surface area contributed by atoms with Crippen LogP contribution in [0.5, 0.6) is 0 Å². The van der Waals surface area contributed by atoms with Gasteiger partial charge in [-0.25, -0.2) is 0 Å². The first kappa shape index (κ1) is 13.5. The lowest BCUT2D eigenvalue weighted by atomic mass is 9.84. The normalized spacial score (nSPS) is 54.6. The molecule has 0 spiro atoms. The SMILES string of the molecule is ClC1=C(Cl)[C@]2(Cl)[C@H]3[C@@H](C=C[C@@H]3Cl)[C@@]1(Cl)C2(Cl)Cl. The van der Waals surface area contributed by atoms with E-state index in [0.29, 0.717) is 0 Å². The molecule has 7 heteroatoms. The molecule has 3 aliphatic rings. The average molecular weight is 373 g/mol. The highest BCUT2D eigenvalue weighted by Crippen LogP contribution is 2.78. The van der Waals surface area contributed by atoms with Crippen LogP contribution in [0.4, 0.5) is 0 Å². The molecule has 0 aromatic carbocycles. The van der Waals surface area contributed by atoms with E-state index in [4.69, 9.17) is 81.2 Å². The quantitative estimate of drug-likeness (QED) is 0.402. The average Bonchev–Trinajstić information content (AvgIpc) is 2.73. The van der Waals surface area contributed by atoms with Crippen LogP contribution in [-0.4, -0.2) is 19.5 Å². The minimum atomic E-state index is -1.48. The zero-order valence-corrected chi connectivity index (χ0v) is 13.3. The Hall–Kier alpha value is 1.51. The predicted octanol–water partition coefficient (Wildman–Crippen LogP) is 5.24. The first-order valence-corrected chi connectivity index (χ1v) is 7.55. The highest BCUT2D eigenvalue weighted by atomic mass is 35.5. The Kier molecular flexibility index (Phi) is 2.84. The topological polar surface area (TPSA) is 0 Å². The molecule has 0 nitrogen and oxygen atoms in total. The van der Waals surface area contributed by atoms with Gasteiger partial charge in [0.15, 0.2) is 4.33 Å². The van der Waals surface area contributed by atoms with Crippen molar-refractivity contribution >= 4 is 81.2 Å². The Morgan fingerprint density at radius 3 is 2.00 bits per heavy atom. The molecule has 1 fully saturated rings. The molecule has 0 radical (unpaired) electrons. The first-order chi connectivity index (χ1) is 7.70. The third-order valence-electron chi connectivity index (χ3n) is 3.90. The van der Waals surface area contributed by atoms with Crippen LogP contribution in [0.15, 0.2) is 22.2 Å². The Morgan fingerprint density at radius 1 is 0.882 bits per heavy atom. The van der Waals surface area contributed by atoms with Gasteiger partial charge in [0.05, 0.1) is 15.4 Å². The van der Waals surface area contributed by atoms with E-state index in [1.807, 2.05) is 12.2 Å². The highest BCUT2D eigenvalue weighted by Gasteiger charge is 2.83. The van der Waals surface area contributed by atoms with Gasteiger partial charge >= 0.3 is 0 Å². The number of alkyl halides is 5. The summed E-state index contributed by atoms with van der Waals surface area (Å²) in [6.45, 7) is 0. The van der Waals surface area contributed by atoms with Gasteiger partial charge in [-0.2, -0.15) is 0 Å². The van der Waals surface area contributed by atoms with E-state index < -0.39 is 14.1 Å². The summed E-state index contributed by atoms with van der Waals surface area (Å²) in [5.41, 5.74) is 0. The highest BCUT2D eigenvalue weighted by molar-refractivity contribution is 6.66. The monoisotopic (exact) mass is 370 g/mol. The van der Waals surface area contributed by atoms with Crippen LogP contribution in [0.1, 0.15) is 0 Å². The lowest BCUT2D eigenvalue weighted by molar-refractivity contribution is 0.420. The van der Waals surface area contributed by atoms with Crippen molar-refractivity contribution in [1.82, 2.24) is 0 Å². The fourth-order valence-corrected chi connectivity index (χ4v) is 6.60. The maximum absolute atomic E-state index is 6.57. The van der Waals surface area contributed by atoms with Crippen LogP contribution in [0.25, 0.3) is 0 Å². The van der Waals surface area contributed by atoms with Gasteiger partial charge in [-0.05, 0) is 0 Å². The van der Waals surface area contributed by atoms with E-state index in [2.05, 4.69) is 0 Å². The number of allylic oxidation sites excluding steroid dienone is 4. The molecule has 5 atom stereocenters. The third kappa shape index (κ3) is 1.15. The molecular weight excluding hydrogens is 368 g/mol. The minimum Gasteiger partial charge on any atom is -0.118 e. The molecule has 94 valence electrons. The molecule has 1 saturated carbocycles. The molecule has 0 amide bonds. The minimum absolute atomic E-state index is 0.205. The fraction of sp³-hybridized carbons (Fsp3) is 0.600. The van der Waals surface area contributed by atoms with Gasteiger partial charge in [-0.1, -0.05) is 58.6 Å². The molecular formula is C10H5Cl7. The summed E-state index contributed by atoms with van der Waals surface area (Å²) in [5.74, 6) is -0.470. The maximum Gasteiger partial charge on any atom is 0.167 e. The van der Waals surface area contributed by atoms with Crippen LogP contribution in [-0.2, 0) is 0 Å². The van der Waals surface area contributed by atoms with Gasteiger partial charge < -0.3 is 0 Å². The summed E-state index contributed by atoms with van der Waals surface area (Å²) in [6.07, 6.45) is 3.69. The van der Waals surface area contributed by atoms with E-state index in [9.17, 15) is 0 Å². The van der Waals surface area contributed by atoms with Crippen molar-refractivity contribution in [1.29, 1.82) is 0 Å². The van der Waals surface area contributed by atoms with Gasteiger partial charge in [0, 0.05) is 11.8 Å². The van der Waals surface area contributed by atoms with Crippen molar-refractivity contribution in [3.8, 4) is 0 Å². The zero-order chi connectivity index (χ0) is 12.8. The summed E-state index contributed by atoms with van der Waals surface area (Å²) in [6, 6.07) is 0. The summed E-state index contributed by atoms with van der Waals surface area (Å²) < 4.78 is -1.48. The van der Waals surface area contributed by atoms with Gasteiger partial charge in [0.2, 0.25) is 0 Å². The van der Waals surface area contributed by atoms with Crippen molar-refractivity contribution in [2.75, 3.05) is 0 Å². The second kappa shape index (κ2) is 3.58. The molecule has 0 heterocycles. The van der Waals surface area contributed by atoms with Gasteiger partial charge in [0.25, 0.3) is 0 Å². The molecule has 0 aromatic heterocycles. The molecule has 0 aromatic rings. The van der Waals surface area contributed by atoms with Gasteiger partial charge in [0.1, 0.15) is 9.75 Å². The maximum atomic E-state index is 6.57. The number of hydrogen-bond acceptors (Lipinski definition) is 0. The van der Waals surface area contributed by atoms with Crippen molar-refractivity contribution in [2.45, 2.75) is 19.5 Å². The zero-order valence-electron chi connectivity index (χ0n) is 8.03. The van der Waals surface area contributed by atoms with Crippen molar-refractivity contribution in [3.63, 3.8) is 0 Å². The van der Waals surface area contributed by atoms with Crippen LogP contribution in [0.3, 0.4) is 0 Å². The number of hydrogen-bond donors (Lipinski definition) is 0. The van der Waals surface area contributed by atoms with Crippen molar-refractivity contribution in [3.05, 3.63) is 22.2 Å². The summed E-state index contributed by atoms with van der Waals surface area (Å²) in [7, 11) is 0. The lowest BCUT2D eigenvalue weighted by Gasteiger charge is -2.34. The Bertz CT molecular complexity index is 467. The molecule has 3 rings (SSSR count). The Labute approximate surface area is 134 Å². The molecule has 17 heavy (non-hydrogen) atoms. The Balaban J connectivity index is 2.32.